The molecule has 5 heterocycles. The Kier molecular flexibility index (Phi) is 4.28. The Bertz CT molecular complexity index is 1160. The number of hydrogen-bond acceptors (Lipinski definition) is 6. The lowest BCUT2D eigenvalue weighted by Gasteiger charge is -2.34. The summed E-state index contributed by atoms with van der Waals surface area (Å²) in [6.45, 7) is 6.35. The molecule has 5 rings (SSSR count). The van der Waals surface area contributed by atoms with Crippen LogP contribution in [-0.2, 0) is 11.8 Å². The van der Waals surface area contributed by atoms with Crippen LogP contribution in [0.2, 0.25) is 0 Å². The third-order valence-corrected chi connectivity index (χ3v) is 5.44. The molecule has 148 valence electrons. The van der Waals surface area contributed by atoms with Crippen molar-refractivity contribution in [3.8, 4) is 22.8 Å². The minimum Gasteiger partial charge on any atom is -0.377 e. The van der Waals surface area contributed by atoms with E-state index in [1.165, 1.54) is 0 Å². The van der Waals surface area contributed by atoms with Crippen LogP contribution in [0.5, 0.6) is 0 Å². The van der Waals surface area contributed by atoms with E-state index < -0.39 is 0 Å². The molecule has 8 nitrogen and oxygen atoms in total. The molecular formula is C21H23N7O. The highest BCUT2D eigenvalue weighted by molar-refractivity contribution is 5.91. The van der Waals surface area contributed by atoms with Crippen molar-refractivity contribution in [1.82, 2.24) is 29.5 Å². The highest BCUT2D eigenvalue weighted by atomic mass is 16.5. The molecule has 0 aliphatic carbocycles. The van der Waals surface area contributed by atoms with Crippen molar-refractivity contribution in [2.45, 2.75) is 19.9 Å². The van der Waals surface area contributed by atoms with Crippen LogP contribution in [-0.4, -0.2) is 55.3 Å². The summed E-state index contributed by atoms with van der Waals surface area (Å²) in [6, 6.07) is 6.29. The summed E-state index contributed by atoms with van der Waals surface area (Å²) in [5.41, 5.74) is 4.59. The monoisotopic (exact) mass is 389 g/mol. The van der Waals surface area contributed by atoms with Gasteiger partial charge in [0.1, 0.15) is 11.5 Å². The van der Waals surface area contributed by atoms with Gasteiger partial charge in [0.2, 0.25) is 0 Å². The van der Waals surface area contributed by atoms with Gasteiger partial charge in [0.25, 0.3) is 0 Å². The van der Waals surface area contributed by atoms with E-state index in [1.807, 2.05) is 43.2 Å². The number of anilines is 1. The number of ether oxygens (including phenoxy) is 1. The van der Waals surface area contributed by atoms with Crippen molar-refractivity contribution in [1.29, 1.82) is 0 Å². The normalized spacial score (nSPS) is 17.2. The fourth-order valence-electron chi connectivity index (χ4n) is 3.96. The molecule has 0 aromatic carbocycles. The van der Waals surface area contributed by atoms with Crippen molar-refractivity contribution in [2.24, 2.45) is 7.05 Å². The molecule has 0 spiro atoms. The predicted octanol–water partition coefficient (Wildman–Crippen LogP) is 2.95. The maximum atomic E-state index is 5.62. The number of aromatic nitrogens is 6. The van der Waals surface area contributed by atoms with E-state index in [2.05, 4.69) is 32.8 Å². The van der Waals surface area contributed by atoms with Gasteiger partial charge in [0.15, 0.2) is 5.82 Å². The first-order valence-corrected chi connectivity index (χ1v) is 9.76. The number of morpholine rings is 1. The number of rotatable bonds is 3. The maximum Gasteiger partial charge on any atom is 0.163 e. The fourth-order valence-corrected chi connectivity index (χ4v) is 3.96. The van der Waals surface area contributed by atoms with Gasteiger partial charge in [-0.05, 0) is 26.0 Å². The topological polar surface area (TPSA) is 84.8 Å². The van der Waals surface area contributed by atoms with Gasteiger partial charge in [0, 0.05) is 43.0 Å². The minimum atomic E-state index is 0.247. The van der Waals surface area contributed by atoms with E-state index in [-0.39, 0.29) is 6.04 Å². The van der Waals surface area contributed by atoms with Crippen molar-refractivity contribution in [3.63, 3.8) is 0 Å². The average Bonchev–Trinajstić information content (AvgIpc) is 3.34. The van der Waals surface area contributed by atoms with E-state index in [9.17, 15) is 0 Å². The van der Waals surface area contributed by atoms with Crippen LogP contribution in [0.15, 0.2) is 36.9 Å². The van der Waals surface area contributed by atoms with Crippen LogP contribution in [0.3, 0.4) is 0 Å². The second-order valence-electron chi connectivity index (χ2n) is 7.44. The number of H-pyrrole nitrogens is 1. The van der Waals surface area contributed by atoms with Gasteiger partial charge in [-0.15, -0.1) is 0 Å². The summed E-state index contributed by atoms with van der Waals surface area (Å²) in [7, 11) is 1.99. The molecule has 1 fully saturated rings. The van der Waals surface area contributed by atoms with Crippen LogP contribution in [0.1, 0.15) is 12.6 Å². The highest BCUT2D eigenvalue weighted by Crippen LogP contribution is 2.31. The molecule has 1 saturated heterocycles. The lowest BCUT2D eigenvalue weighted by atomic mass is 10.1. The first-order valence-electron chi connectivity index (χ1n) is 9.76. The second-order valence-corrected chi connectivity index (χ2v) is 7.44. The molecule has 8 heteroatoms. The largest absolute Gasteiger partial charge is 0.377 e. The van der Waals surface area contributed by atoms with E-state index >= 15 is 0 Å². The summed E-state index contributed by atoms with van der Waals surface area (Å²) in [4.78, 5) is 24.2. The molecule has 1 aliphatic rings. The van der Waals surface area contributed by atoms with E-state index in [0.717, 1.165) is 46.0 Å². The first-order chi connectivity index (χ1) is 14.1. The number of hydrogen-bond donors (Lipinski definition) is 1. The zero-order chi connectivity index (χ0) is 20.0. The van der Waals surface area contributed by atoms with Gasteiger partial charge < -0.3 is 19.2 Å². The molecule has 0 saturated carbocycles. The maximum absolute atomic E-state index is 5.62. The number of fused-ring (bicyclic) bond motifs is 1. The van der Waals surface area contributed by atoms with Crippen LogP contribution in [0.4, 0.5) is 5.82 Å². The standard InChI is InChI=1S/C21H23N7O/c1-13-11-29-9-8-28(13)18-10-17(19-14(2)24-12-27(19)3)25-21(26-18)16-5-7-23-20-15(16)4-6-22-20/h4-7,10,12-13H,8-9,11H2,1-3H3,(H,22,23). The van der Waals surface area contributed by atoms with Crippen LogP contribution in [0, 0.1) is 6.92 Å². The minimum absolute atomic E-state index is 0.247. The Labute approximate surface area is 168 Å². The van der Waals surface area contributed by atoms with Gasteiger partial charge in [-0.2, -0.15) is 0 Å². The Balaban J connectivity index is 1.73. The molecule has 0 radical (unpaired) electrons. The van der Waals surface area contributed by atoms with E-state index in [1.54, 1.807) is 6.20 Å². The van der Waals surface area contributed by atoms with Gasteiger partial charge in [-0.25, -0.2) is 19.9 Å². The third kappa shape index (κ3) is 3.05. The summed E-state index contributed by atoms with van der Waals surface area (Å²) in [5, 5.41) is 1.01. The summed E-state index contributed by atoms with van der Waals surface area (Å²) in [5.74, 6) is 1.59. The highest BCUT2D eigenvalue weighted by Gasteiger charge is 2.23. The average molecular weight is 389 g/mol. The van der Waals surface area contributed by atoms with Crippen molar-refractivity contribution < 1.29 is 4.74 Å². The van der Waals surface area contributed by atoms with Crippen LogP contribution in [0.25, 0.3) is 33.8 Å². The predicted molar refractivity (Wildman–Crippen MR) is 112 cm³/mol. The third-order valence-electron chi connectivity index (χ3n) is 5.44. The van der Waals surface area contributed by atoms with Gasteiger partial charge in [-0.3, -0.25) is 0 Å². The van der Waals surface area contributed by atoms with Gasteiger partial charge in [0.05, 0.1) is 42.7 Å². The molecule has 0 bridgehead atoms. The molecule has 1 atom stereocenters. The molecule has 0 amide bonds. The Morgan fingerprint density at radius 3 is 2.90 bits per heavy atom. The first kappa shape index (κ1) is 17.8. The van der Waals surface area contributed by atoms with Crippen LogP contribution >= 0.6 is 0 Å². The molecule has 29 heavy (non-hydrogen) atoms. The van der Waals surface area contributed by atoms with Crippen molar-refractivity contribution >= 4 is 16.9 Å². The van der Waals surface area contributed by atoms with Crippen LogP contribution < -0.4 is 4.90 Å². The molecule has 1 aliphatic heterocycles. The quantitative estimate of drug-likeness (QED) is 0.580. The Morgan fingerprint density at radius 2 is 2.10 bits per heavy atom. The summed E-state index contributed by atoms with van der Waals surface area (Å²) < 4.78 is 7.63. The number of imidazole rings is 1. The van der Waals surface area contributed by atoms with Crippen molar-refractivity contribution in [3.05, 3.63) is 42.6 Å². The smallest absolute Gasteiger partial charge is 0.163 e. The fraction of sp³-hybridized carbons (Fsp3) is 0.333. The van der Waals surface area contributed by atoms with E-state index in [4.69, 9.17) is 14.7 Å². The van der Waals surface area contributed by atoms with Gasteiger partial charge in [-0.1, -0.05) is 0 Å². The van der Waals surface area contributed by atoms with E-state index in [0.29, 0.717) is 19.0 Å². The molecule has 1 unspecified atom stereocenters. The lowest BCUT2D eigenvalue weighted by molar-refractivity contribution is 0.0985. The number of pyridine rings is 1. The SMILES string of the molecule is Cc1ncn(C)c1-c1cc(N2CCOCC2C)nc(-c2ccnc3[nH]ccc23)n1. The number of aryl methyl sites for hydroxylation is 2. The lowest BCUT2D eigenvalue weighted by Crippen LogP contribution is -2.44. The number of nitrogens with one attached hydrogen (secondary N) is 1. The number of aromatic amines is 1. The summed E-state index contributed by atoms with van der Waals surface area (Å²) >= 11 is 0. The summed E-state index contributed by atoms with van der Waals surface area (Å²) in [6.07, 6.45) is 5.50. The molecule has 4 aromatic rings. The Morgan fingerprint density at radius 1 is 1.21 bits per heavy atom. The zero-order valence-electron chi connectivity index (χ0n) is 16.8. The molecule has 4 aromatic heterocycles. The Hall–Kier alpha value is -3.26. The number of nitrogens with zero attached hydrogens (tertiary/aromatic N) is 6. The molecule has 1 N–H and O–H groups in total. The second kappa shape index (κ2) is 6.97. The van der Waals surface area contributed by atoms with Gasteiger partial charge >= 0.3 is 0 Å². The molecular weight excluding hydrogens is 366 g/mol. The zero-order valence-corrected chi connectivity index (χ0v) is 16.8. The van der Waals surface area contributed by atoms with Crippen molar-refractivity contribution in [2.75, 3.05) is 24.7 Å².